The summed E-state index contributed by atoms with van der Waals surface area (Å²) in [4.78, 5) is 2.53. The highest BCUT2D eigenvalue weighted by atomic mass is 16.5. The highest BCUT2D eigenvalue weighted by Gasteiger charge is 2.36. The lowest BCUT2D eigenvalue weighted by Crippen LogP contribution is -2.51. The minimum atomic E-state index is -0.126. The van der Waals surface area contributed by atoms with E-state index in [1.165, 1.54) is 12.8 Å². The Bertz CT molecular complexity index is 255. The van der Waals surface area contributed by atoms with Gasteiger partial charge in [-0.25, -0.2) is 0 Å². The fourth-order valence-corrected chi connectivity index (χ4v) is 2.75. The number of nitrogens with zero attached hydrogens (tertiary/aromatic N) is 1. The number of hydrogen-bond acceptors (Lipinski definition) is 4. The molecule has 4 heteroatoms. The Labute approximate surface area is 118 Å². The van der Waals surface area contributed by atoms with Crippen molar-refractivity contribution in [3.8, 4) is 0 Å². The Kier molecular flexibility index (Phi) is 6.74. The molecule has 2 unspecified atom stereocenters. The van der Waals surface area contributed by atoms with Crippen molar-refractivity contribution in [1.82, 2.24) is 4.90 Å². The third-order valence-corrected chi connectivity index (χ3v) is 4.40. The van der Waals surface area contributed by atoms with Crippen molar-refractivity contribution in [3.05, 3.63) is 0 Å². The highest BCUT2D eigenvalue weighted by molar-refractivity contribution is 4.90. The first kappa shape index (κ1) is 16.9. The van der Waals surface area contributed by atoms with E-state index in [9.17, 15) is 0 Å². The Balaban J connectivity index is 2.67. The topological polar surface area (TPSA) is 47.7 Å². The van der Waals surface area contributed by atoms with E-state index in [4.69, 9.17) is 15.2 Å². The van der Waals surface area contributed by atoms with Crippen molar-refractivity contribution < 1.29 is 9.47 Å². The van der Waals surface area contributed by atoms with Gasteiger partial charge in [-0.2, -0.15) is 0 Å². The molecule has 4 nitrogen and oxygen atoms in total. The molecule has 0 aliphatic heterocycles. The summed E-state index contributed by atoms with van der Waals surface area (Å²) < 4.78 is 10.8. The van der Waals surface area contributed by atoms with Crippen LogP contribution in [0.25, 0.3) is 0 Å². The molecule has 2 atom stereocenters. The lowest BCUT2D eigenvalue weighted by Gasteiger charge is -2.39. The smallest absolute Gasteiger partial charge is 0.0638 e. The second kappa shape index (κ2) is 7.58. The molecule has 0 amide bonds. The van der Waals surface area contributed by atoms with Gasteiger partial charge in [-0.15, -0.1) is 0 Å². The van der Waals surface area contributed by atoms with Gasteiger partial charge < -0.3 is 15.2 Å². The van der Waals surface area contributed by atoms with Crippen molar-refractivity contribution in [2.45, 2.75) is 57.7 Å². The average molecular weight is 272 g/mol. The Hall–Kier alpha value is -0.160. The van der Waals surface area contributed by atoms with Crippen LogP contribution in [0.5, 0.6) is 0 Å². The van der Waals surface area contributed by atoms with Crippen molar-refractivity contribution in [2.75, 3.05) is 33.9 Å². The standard InChI is InChI=1S/C15H32N2O2/c1-12(13-6-7-13)17(8-9-18-4)14(11-16)10-15(2,3)19-5/h12-14H,6-11,16H2,1-5H3. The molecule has 1 rings (SSSR count). The zero-order valence-corrected chi connectivity index (χ0v) is 13.3. The van der Waals surface area contributed by atoms with E-state index in [2.05, 4.69) is 25.7 Å². The third kappa shape index (κ3) is 5.38. The predicted octanol–water partition coefficient (Wildman–Crippen LogP) is 1.88. The lowest BCUT2D eigenvalue weighted by molar-refractivity contribution is -0.0187. The van der Waals surface area contributed by atoms with Crippen molar-refractivity contribution in [1.29, 1.82) is 0 Å². The van der Waals surface area contributed by atoms with Crippen LogP contribution in [0.2, 0.25) is 0 Å². The van der Waals surface area contributed by atoms with Crippen LogP contribution in [0.15, 0.2) is 0 Å². The molecule has 1 saturated carbocycles. The zero-order valence-electron chi connectivity index (χ0n) is 13.3. The molecule has 2 N–H and O–H groups in total. The van der Waals surface area contributed by atoms with Crippen LogP contribution in [0, 0.1) is 5.92 Å². The average Bonchev–Trinajstić information content (AvgIpc) is 3.21. The fourth-order valence-electron chi connectivity index (χ4n) is 2.75. The Morgan fingerprint density at radius 2 is 1.95 bits per heavy atom. The molecule has 0 aromatic carbocycles. The molecule has 0 aromatic heterocycles. The van der Waals surface area contributed by atoms with Crippen molar-refractivity contribution >= 4 is 0 Å². The molecular formula is C15H32N2O2. The van der Waals surface area contributed by atoms with Crippen molar-refractivity contribution in [3.63, 3.8) is 0 Å². The summed E-state index contributed by atoms with van der Waals surface area (Å²) in [6, 6.07) is 0.956. The van der Waals surface area contributed by atoms with Gasteiger partial charge in [0.2, 0.25) is 0 Å². The number of hydrogen-bond donors (Lipinski definition) is 1. The maximum atomic E-state index is 6.03. The van der Waals surface area contributed by atoms with Gasteiger partial charge in [0.25, 0.3) is 0 Å². The van der Waals surface area contributed by atoms with Crippen LogP contribution in [0.4, 0.5) is 0 Å². The first-order valence-corrected chi connectivity index (χ1v) is 7.45. The van der Waals surface area contributed by atoms with Crippen LogP contribution in [-0.4, -0.2) is 56.5 Å². The number of nitrogens with two attached hydrogens (primary N) is 1. The molecule has 0 bridgehead atoms. The summed E-state index contributed by atoms with van der Waals surface area (Å²) in [6.07, 6.45) is 3.67. The zero-order chi connectivity index (χ0) is 14.5. The molecule has 0 radical (unpaired) electrons. The Morgan fingerprint density at radius 1 is 1.32 bits per heavy atom. The molecule has 1 aliphatic carbocycles. The monoisotopic (exact) mass is 272 g/mol. The maximum Gasteiger partial charge on any atom is 0.0638 e. The first-order valence-electron chi connectivity index (χ1n) is 7.45. The first-order chi connectivity index (χ1) is 8.95. The summed E-state index contributed by atoms with van der Waals surface area (Å²) >= 11 is 0. The minimum Gasteiger partial charge on any atom is -0.383 e. The van der Waals surface area contributed by atoms with E-state index in [1.54, 1.807) is 14.2 Å². The minimum absolute atomic E-state index is 0.126. The summed E-state index contributed by atoms with van der Waals surface area (Å²) in [5.41, 5.74) is 5.90. The summed E-state index contributed by atoms with van der Waals surface area (Å²) in [5.74, 6) is 0.844. The molecule has 0 heterocycles. The fraction of sp³-hybridized carbons (Fsp3) is 1.00. The van der Waals surface area contributed by atoms with Gasteiger partial charge in [0.05, 0.1) is 12.2 Å². The van der Waals surface area contributed by atoms with Gasteiger partial charge in [-0.1, -0.05) is 0 Å². The second-order valence-electron chi connectivity index (χ2n) is 6.37. The van der Waals surface area contributed by atoms with Gasteiger partial charge in [-0.3, -0.25) is 4.90 Å². The van der Waals surface area contributed by atoms with Gasteiger partial charge in [-0.05, 0) is 46.0 Å². The maximum absolute atomic E-state index is 6.03. The summed E-state index contributed by atoms with van der Waals surface area (Å²) in [5, 5.41) is 0. The molecule has 0 aromatic rings. The van der Waals surface area contributed by atoms with E-state index in [-0.39, 0.29) is 5.60 Å². The second-order valence-corrected chi connectivity index (χ2v) is 6.37. The van der Waals surface area contributed by atoms with Crippen LogP contribution >= 0.6 is 0 Å². The normalized spacial score (nSPS) is 19.7. The summed E-state index contributed by atoms with van der Waals surface area (Å²) in [6.45, 7) is 8.98. The van der Waals surface area contributed by atoms with Crippen LogP contribution < -0.4 is 5.73 Å². The van der Waals surface area contributed by atoms with Crippen LogP contribution in [-0.2, 0) is 9.47 Å². The third-order valence-electron chi connectivity index (χ3n) is 4.40. The lowest BCUT2D eigenvalue weighted by atomic mass is 9.96. The molecule has 114 valence electrons. The van der Waals surface area contributed by atoms with Crippen LogP contribution in [0.3, 0.4) is 0 Å². The van der Waals surface area contributed by atoms with E-state index < -0.39 is 0 Å². The summed E-state index contributed by atoms with van der Waals surface area (Å²) in [7, 11) is 3.54. The molecule has 0 saturated heterocycles. The quantitative estimate of drug-likeness (QED) is 0.659. The van der Waals surface area contributed by atoms with E-state index in [0.717, 1.165) is 25.5 Å². The molecule has 19 heavy (non-hydrogen) atoms. The molecule has 1 fully saturated rings. The predicted molar refractivity (Wildman–Crippen MR) is 79.3 cm³/mol. The van der Waals surface area contributed by atoms with E-state index in [0.29, 0.717) is 18.6 Å². The van der Waals surface area contributed by atoms with Gasteiger partial charge in [0.1, 0.15) is 0 Å². The largest absolute Gasteiger partial charge is 0.383 e. The van der Waals surface area contributed by atoms with E-state index >= 15 is 0 Å². The number of methoxy groups -OCH3 is 2. The molecule has 1 aliphatic rings. The van der Waals surface area contributed by atoms with Gasteiger partial charge >= 0.3 is 0 Å². The highest BCUT2D eigenvalue weighted by Crippen LogP contribution is 2.36. The molecule has 0 spiro atoms. The van der Waals surface area contributed by atoms with Gasteiger partial charge in [0, 0.05) is 39.4 Å². The SMILES string of the molecule is COCCN(C(CN)CC(C)(C)OC)C(C)C1CC1. The number of ether oxygens (including phenoxy) is 2. The van der Waals surface area contributed by atoms with Gasteiger partial charge in [0.15, 0.2) is 0 Å². The molecular weight excluding hydrogens is 240 g/mol. The van der Waals surface area contributed by atoms with E-state index in [1.807, 2.05) is 0 Å². The van der Waals surface area contributed by atoms with Crippen LogP contribution in [0.1, 0.15) is 40.0 Å². The Morgan fingerprint density at radius 3 is 2.37 bits per heavy atom. The van der Waals surface area contributed by atoms with Crippen molar-refractivity contribution in [2.24, 2.45) is 11.7 Å². The number of rotatable bonds is 10.